The van der Waals surface area contributed by atoms with Gasteiger partial charge >= 0.3 is 0 Å². The first-order valence-corrected chi connectivity index (χ1v) is 9.20. The predicted octanol–water partition coefficient (Wildman–Crippen LogP) is 3.60. The normalized spacial score (nSPS) is 18.7. The Morgan fingerprint density at radius 2 is 1.96 bits per heavy atom. The Kier molecular flexibility index (Phi) is 7.11. The number of piperidine rings is 1. The van der Waals surface area contributed by atoms with Crippen LogP contribution < -0.4 is 5.32 Å². The Hall–Kier alpha value is -1.07. The zero-order chi connectivity index (χ0) is 16.2. The highest BCUT2D eigenvalue weighted by Gasteiger charge is 2.28. The van der Waals surface area contributed by atoms with E-state index in [-0.39, 0.29) is 18.3 Å². The number of carbonyl (C=O) groups excluding carboxylic acids is 1. The molecule has 1 aromatic heterocycles. The Balaban J connectivity index is 0.00000208. The van der Waals surface area contributed by atoms with E-state index in [0.717, 1.165) is 56.9 Å². The van der Waals surface area contributed by atoms with Gasteiger partial charge in [-0.05, 0) is 51.0 Å². The lowest BCUT2D eigenvalue weighted by Gasteiger charge is -2.31. The van der Waals surface area contributed by atoms with Gasteiger partial charge in [0.1, 0.15) is 0 Å². The van der Waals surface area contributed by atoms with Crippen molar-refractivity contribution in [1.82, 2.24) is 15.4 Å². The largest absolute Gasteiger partial charge is 0.351 e. The van der Waals surface area contributed by atoms with Gasteiger partial charge in [0.25, 0.3) is 5.91 Å². The van der Waals surface area contributed by atoms with E-state index in [1.165, 1.54) is 12.8 Å². The van der Waals surface area contributed by atoms with Crippen LogP contribution in [0.4, 0.5) is 0 Å². The van der Waals surface area contributed by atoms with E-state index >= 15 is 0 Å². The van der Waals surface area contributed by atoms with Crippen LogP contribution in [0.1, 0.15) is 74.5 Å². The van der Waals surface area contributed by atoms with Crippen molar-refractivity contribution in [3.05, 3.63) is 17.5 Å². The molecule has 24 heavy (non-hydrogen) atoms. The first-order valence-electron chi connectivity index (χ1n) is 9.20. The number of likely N-dealkylation sites (tertiary alicyclic amines) is 1. The van der Waals surface area contributed by atoms with Crippen molar-refractivity contribution in [3.63, 3.8) is 0 Å². The highest BCUT2D eigenvalue weighted by molar-refractivity contribution is 5.91. The molecule has 1 saturated carbocycles. The molecule has 2 fully saturated rings. The topological polar surface area (TPSA) is 58.4 Å². The van der Waals surface area contributed by atoms with Crippen LogP contribution in [0.5, 0.6) is 0 Å². The van der Waals surface area contributed by atoms with Crippen molar-refractivity contribution < 1.29 is 9.32 Å². The maximum Gasteiger partial charge on any atom is 0.292 e. The summed E-state index contributed by atoms with van der Waals surface area (Å²) in [7, 11) is 0. The van der Waals surface area contributed by atoms with Gasteiger partial charge in [0.05, 0.1) is 5.69 Å². The Morgan fingerprint density at radius 1 is 1.29 bits per heavy atom. The van der Waals surface area contributed by atoms with Gasteiger partial charge in [-0.1, -0.05) is 19.0 Å². The summed E-state index contributed by atoms with van der Waals surface area (Å²) >= 11 is 0. The molecule has 1 amide bonds. The minimum absolute atomic E-state index is 0. The quantitative estimate of drug-likeness (QED) is 0.811. The summed E-state index contributed by atoms with van der Waals surface area (Å²) in [5.74, 6) is 1.69. The number of nitrogens with zero attached hydrogens (tertiary/aromatic N) is 2. The van der Waals surface area contributed by atoms with Crippen LogP contribution in [-0.4, -0.2) is 41.6 Å². The second-order valence-corrected chi connectivity index (χ2v) is 7.05. The second kappa shape index (κ2) is 8.86. The number of amides is 1. The molecule has 1 aliphatic heterocycles. The molecule has 1 aromatic rings. The molecule has 2 heterocycles. The van der Waals surface area contributed by atoms with Gasteiger partial charge in [-0.25, -0.2) is 0 Å². The highest BCUT2D eigenvalue weighted by atomic mass is 35.5. The van der Waals surface area contributed by atoms with Crippen LogP contribution in [0, 0.1) is 5.92 Å². The van der Waals surface area contributed by atoms with Gasteiger partial charge in [0, 0.05) is 31.1 Å². The summed E-state index contributed by atoms with van der Waals surface area (Å²) in [6.07, 6.45) is 6.88. The van der Waals surface area contributed by atoms with E-state index in [4.69, 9.17) is 4.52 Å². The van der Waals surface area contributed by atoms with E-state index in [9.17, 15) is 4.79 Å². The minimum Gasteiger partial charge on any atom is -0.351 e. The third-order valence-electron chi connectivity index (χ3n) is 5.32. The summed E-state index contributed by atoms with van der Waals surface area (Å²) in [5, 5.41) is 7.75. The SMILES string of the molecule is CCC(CC)c1cc(C(=O)N2CCC(NCC3CC3)CC2)on1.Cl. The van der Waals surface area contributed by atoms with Crippen molar-refractivity contribution in [2.24, 2.45) is 5.92 Å². The molecule has 0 radical (unpaired) electrons. The maximum absolute atomic E-state index is 12.6. The smallest absolute Gasteiger partial charge is 0.292 e. The van der Waals surface area contributed by atoms with E-state index in [1.54, 1.807) is 0 Å². The predicted molar refractivity (Wildman–Crippen MR) is 96.7 cm³/mol. The third kappa shape index (κ3) is 4.73. The fourth-order valence-corrected chi connectivity index (χ4v) is 3.39. The lowest BCUT2D eigenvalue weighted by atomic mass is 9.99. The van der Waals surface area contributed by atoms with Crippen molar-refractivity contribution in [2.75, 3.05) is 19.6 Å². The van der Waals surface area contributed by atoms with Gasteiger partial charge < -0.3 is 14.7 Å². The molecule has 0 bridgehead atoms. The molecule has 0 spiro atoms. The highest BCUT2D eigenvalue weighted by Crippen LogP contribution is 2.28. The van der Waals surface area contributed by atoms with Crippen molar-refractivity contribution in [1.29, 1.82) is 0 Å². The first-order chi connectivity index (χ1) is 11.2. The number of rotatable bonds is 7. The number of nitrogens with one attached hydrogen (secondary N) is 1. The molecule has 136 valence electrons. The number of halogens is 1. The maximum atomic E-state index is 12.6. The molecule has 5 nitrogen and oxygen atoms in total. The van der Waals surface area contributed by atoms with E-state index < -0.39 is 0 Å². The lowest BCUT2D eigenvalue weighted by Crippen LogP contribution is -2.45. The fourth-order valence-electron chi connectivity index (χ4n) is 3.39. The molecule has 1 N–H and O–H groups in total. The van der Waals surface area contributed by atoms with Crippen molar-refractivity contribution in [2.45, 2.75) is 64.3 Å². The average Bonchev–Trinajstić information content (AvgIpc) is 3.30. The summed E-state index contributed by atoms with van der Waals surface area (Å²) in [4.78, 5) is 14.5. The number of aromatic nitrogens is 1. The Morgan fingerprint density at radius 3 is 2.54 bits per heavy atom. The summed E-state index contributed by atoms with van der Waals surface area (Å²) in [6, 6.07) is 2.41. The van der Waals surface area contributed by atoms with Gasteiger partial charge in [0.15, 0.2) is 0 Å². The van der Waals surface area contributed by atoms with Crippen LogP contribution >= 0.6 is 12.4 Å². The zero-order valence-electron chi connectivity index (χ0n) is 14.8. The van der Waals surface area contributed by atoms with Crippen LogP contribution in [0.2, 0.25) is 0 Å². The van der Waals surface area contributed by atoms with E-state index in [1.807, 2.05) is 11.0 Å². The monoisotopic (exact) mass is 355 g/mol. The molecule has 1 saturated heterocycles. The van der Waals surface area contributed by atoms with Crippen molar-refractivity contribution >= 4 is 18.3 Å². The molecule has 2 aliphatic rings. The standard InChI is InChI=1S/C18H29N3O2.ClH/c1-3-14(4-2)16-11-17(23-20-16)18(22)21-9-7-15(8-10-21)19-12-13-5-6-13;/h11,13-15,19H,3-10,12H2,1-2H3;1H. The molecule has 3 rings (SSSR count). The van der Waals surface area contributed by atoms with Crippen LogP contribution in [0.25, 0.3) is 0 Å². The zero-order valence-corrected chi connectivity index (χ0v) is 15.6. The van der Waals surface area contributed by atoms with Crippen LogP contribution in [0.3, 0.4) is 0 Å². The van der Waals surface area contributed by atoms with Gasteiger partial charge in [-0.3, -0.25) is 4.79 Å². The van der Waals surface area contributed by atoms with E-state index in [0.29, 0.717) is 17.7 Å². The summed E-state index contributed by atoms with van der Waals surface area (Å²) < 4.78 is 5.32. The minimum atomic E-state index is -0.00431. The molecule has 6 heteroatoms. The Labute approximate surface area is 150 Å². The van der Waals surface area contributed by atoms with Gasteiger partial charge in [-0.15, -0.1) is 12.4 Å². The van der Waals surface area contributed by atoms with Gasteiger partial charge in [-0.2, -0.15) is 0 Å². The van der Waals surface area contributed by atoms with E-state index in [2.05, 4.69) is 24.3 Å². The molecule has 1 aliphatic carbocycles. The average molecular weight is 356 g/mol. The lowest BCUT2D eigenvalue weighted by molar-refractivity contribution is 0.0663. The van der Waals surface area contributed by atoms with Crippen LogP contribution in [-0.2, 0) is 0 Å². The number of hydrogen-bond acceptors (Lipinski definition) is 4. The fraction of sp³-hybridized carbons (Fsp3) is 0.778. The third-order valence-corrected chi connectivity index (χ3v) is 5.32. The molecule has 0 atom stereocenters. The van der Waals surface area contributed by atoms with Crippen molar-refractivity contribution in [3.8, 4) is 0 Å². The van der Waals surface area contributed by atoms with Crippen LogP contribution in [0.15, 0.2) is 10.6 Å². The Bertz CT molecular complexity index is 518. The molecular formula is C18H30ClN3O2. The second-order valence-electron chi connectivity index (χ2n) is 7.05. The van der Waals surface area contributed by atoms with Gasteiger partial charge in [0.2, 0.25) is 5.76 Å². The number of carbonyl (C=O) groups is 1. The molecule has 0 unspecified atom stereocenters. The summed E-state index contributed by atoms with van der Waals surface area (Å²) in [6.45, 7) is 7.05. The summed E-state index contributed by atoms with van der Waals surface area (Å²) in [5.41, 5.74) is 0.916. The molecular weight excluding hydrogens is 326 g/mol. The molecule has 0 aromatic carbocycles. The first kappa shape index (κ1) is 19.3. The number of hydrogen-bond donors (Lipinski definition) is 1.